The van der Waals surface area contributed by atoms with E-state index in [1.807, 2.05) is 0 Å². The Morgan fingerprint density at radius 3 is 2.68 bits per heavy atom. The summed E-state index contributed by atoms with van der Waals surface area (Å²) in [4.78, 5) is 1.75. The van der Waals surface area contributed by atoms with Crippen LogP contribution in [-0.2, 0) is 16.2 Å². The number of sulfonamides is 1. The Labute approximate surface area is 151 Å². The summed E-state index contributed by atoms with van der Waals surface area (Å²) in [5, 5.41) is -0.231. The lowest BCUT2D eigenvalue weighted by molar-refractivity contribution is -0.137. The van der Waals surface area contributed by atoms with Crippen molar-refractivity contribution in [3.05, 3.63) is 28.8 Å². The van der Waals surface area contributed by atoms with Crippen LogP contribution in [0.4, 0.5) is 13.2 Å². The third kappa shape index (κ3) is 5.57. The average molecular weight is 399 g/mol. The lowest BCUT2D eigenvalue weighted by Gasteiger charge is -2.33. The van der Waals surface area contributed by atoms with Gasteiger partial charge in [-0.15, -0.1) is 0 Å². The number of benzene rings is 1. The normalized spacial score (nSPS) is 20.0. The second-order valence-electron chi connectivity index (χ2n) is 6.28. The number of rotatable bonds is 6. The van der Waals surface area contributed by atoms with Crippen molar-refractivity contribution in [2.24, 2.45) is 0 Å². The van der Waals surface area contributed by atoms with Crippen molar-refractivity contribution in [1.29, 1.82) is 0 Å². The van der Waals surface area contributed by atoms with Crippen LogP contribution in [0.5, 0.6) is 0 Å². The number of piperidine rings is 1. The van der Waals surface area contributed by atoms with Gasteiger partial charge in [-0.2, -0.15) is 13.2 Å². The minimum absolute atomic E-state index is 0.151. The Hall–Kier alpha value is -0.830. The maximum Gasteiger partial charge on any atom is 0.416 e. The molecule has 1 saturated heterocycles. The smallest absolute Gasteiger partial charge is 0.301 e. The zero-order valence-corrected chi connectivity index (χ0v) is 15.5. The van der Waals surface area contributed by atoms with E-state index in [9.17, 15) is 21.6 Å². The van der Waals surface area contributed by atoms with E-state index >= 15 is 0 Å². The molecule has 1 unspecified atom stereocenters. The van der Waals surface area contributed by atoms with E-state index in [4.69, 9.17) is 11.6 Å². The third-order valence-electron chi connectivity index (χ3n) is 4.40. The number of alkyl halides is 3. The summed E-state index contributed by atoms with van der Waals surface area (Å²) in [6, 6.07) is 2.76. The molecule has 0 spiro atoms. The van der Waals surface area contributed by atoms with E-state index in [2.05, 4.69) is 16.5 Å². The van der Waals surface area contributed by atoms with Crippen LogP contribution in [0.3, 0.4) is 0 Å². The van der Waals surface area contributed by atoms with Gasteiger partial charge in [-0.3, -0.25) is 0 Å². The molecule has 142 valence electrons. The van der Waals surface area contributed by atoms with Gasteiger partial charge < -0.3 is 4.90 Å². The monoisotopic (exact) mass is 398 g/mol. The summed E-state index contributed by atoms with van der Waals surface area (Å²) >= 11 is 5.79. The molecule has 0 bridgehead atoms. The molecule has 1 aromatic carbocycles. The second-order valence-corrected chi connectivity index (χ2v) is 8.42. The molecule has 25 heavy (non-hydrogen) atoms. The predicted molar refractivity (Wildman–Crippen MR) is 91.1 cm³/mol. The quantitative estimate of drug-likeness (QED) is 0.739. The van der Waals surface area contributed by atoms with Crippen LogP contribution in [0.1, 0.15) is 38.2 Å². The number of nitrogens with zero attached hydrogens (tertiary/aromatic N) is 1. The molecule has 1 aliphatic rings. The summed E-state index contributed by atoms with van der Waals surface area (Å²) in [5.74, 6) is 0. The number of nitrogens with one attached hydrogen (secondary N) is 1. The SMILES string of the molecule is CC1CCCCN1CCCNS(=O)(=O)c1cc(C(F)(F)F)ccc1Cl. The molecule has 1 fully saturated rings. The topological polar surface area (TPSA) is 49.4 Å². The van der Waals surface area contributed by atoms with Crippen LogP contribution in [0.2, 0.25) is 5.02 Å². The Kier molecular flexibility index (Phi) is 6.75. The first kappa shape index (κ1) is 20.5. The fourth-order valence-electron chi connectivity index (χ4n) is 2.94. The first-order valence-corrected chi connectivity index (χ1v) is 10.1. The summed E-state index contributed by atoms with van der Waals surface area (Å²) < 4.78 is 65.2. The summed E-state index contributed by atoms with van der Waals surface area (Å²) in [6.07, 6.45) is -0.570. The molecule has 4 nitrogen and oxygen atoms in total. The molecule has 0 radical (unpaired) electrons. The lowest BCUT2D eigenvalue weighted by Crippen LogP contribution is -2.39. The number of likely N-dealkylation sites (tertiary alicyclic amines) is 1. The van der Waals surface area contributed by atoms with Gasteiger partial charge in [0, 0.05) is 12.6 Å². The van der Waals surface area contributed by atoms with Gasteiger partial charge >= 0.3 is 6.18 Å². The maximum atomic E-state index is 12.8. The van der Waals surface area contributed by atoms with Crippen molar-refractivity contribution in [2.75, 3.05) is 19.6 Å². The van der Waals surface area contributed by atoms with Crippen molar-refractivity contribution in [3.63, 3.8) is 0 Å². The molecule has 0 aliphatic carbocycles. The number of halogens is 4. The molecule has 0 saturated carbocycles. The minimum atomic E-state index is -4.63. The van der Waals surface area contributed by atoms with Gasteiger partial charge in [0.15, 0.2) is 0 Å². The van der Waals surface area contributed by atoms with Gasteiger partial charge in [0.25, 0.3) is 0 Å². The maximum absolute atomic E-state index is 12.8. The highest BCUT2D eigenvalue weighted by molar-refractivity contribution is 7.89. The minimum Gasteiger partial charge on any atom is -0.301 e. The Balaban J connectivity index is 1.97. The zero-order chi connectivity index (χ0) is 18.7. The Bertz CT molecular complexity index is 695. The van der Waals surface area contributed by atoms with E-state index in [0.29, 0.717) is 18.5 Å². The fraction of sp³-hybridized carbons (Fsp3) is 0.625. The Morgan fingerprint density at radius 2 is 2.04 bits per heavy atom. The molecular weight excluding hydrogens is 377 g/mol. The molecule has 1 aromatic rings. The molecule has 1 aliphatic heterocycles. The summed E-state index contributed by atoms with van der Waals surface area (Å²) in [6.45, 7) is 4.04. The molecular formula is C16H22ClF3N2O2S. The number of hydrogen-bond donors (Lipinski definition) is 1. The van der Waals surface area contributed by atoms with Gasteiger partial charge in [-0.25, -0.2) is 13.1 Å². The highest BCUT2D eigenvalue weighted by Crippen LogP contribution is 2.33. The van der Waals surface area contributed by atoms with Crippen LogP contribution in [0.25, 0.3) is 0 Å². The van der Waals surface area contributed by atoms with Crippen molar-refractivity contribution in [2.45, 2.75) is 49.7 Å². The van der Waals surface area contributed by atoms with Gasteiger partial charge in [0.05, 0.1) is 10.6 Å². The highest BCUT2D eigenvalue weighted by Gasteiger charge is 2.32. The number of hydrogen-bond acceptors (Lipinski definition) is 3. The van der Waals surface area contributed by atoms with Crippen molar-refractivity contribution >= 4 is 21.6 Å². The molecule has 9 heteroatoms. The van der Waals surface area contributed by atoms with E-state index < -0.39 is 26.7 Å². The predicted octanol–water partition coefficient (Wildman–Crippen LogP) is 3.90. The summed E-state index contributed by atoms with van der Waals surface area (Å²) in [7, 11) is -4.09. The Morgan fingerprint density at radius 1 is 1.32 bits per heavy atom. The highest BCUT2D eigenvalue weighted by atomic mass is 35.5. The first-order valence-electron chi connectivity index (χ1n) is 8.22. The fourth-order valence-corrected chi connectivity index (χ4v) is 4.54. The third-order valence-corrected chi connectivity index (χ3v) is 6.35. The largest absolute Gasteiger partial charge is 0.416 e. The van der Waals surface area contributed by atoms with Gasteiger partial charge in [-0.1, -0.05) is 18.0 Å². The van der Waals surface area contributed by atoms with E-state index in [-0.39, 0.29) is 11.6 Å². The summed E-state index contributed by atoms with van der Waals surface area (Å²) in [5.41, 5.74) is -1.04. The van der Waals surface area contributed by atoms with Crippen molar-refractivity contribution in [1.82, 2.24) is 9.62 Å². The standard InChI is InChI=1S/C16H22ClF3N2O2S/c1-12-5-2-3-9-22(12)10-4-8-21-25(23,24)15-11-13(16(18,19)20)6-7-14(15)17/h6-7,11-12,21H,2-5,8-10H2,1H3. The van der Waals surface area contributed by atoms with Crippen LogP contribution in [-0.4, -0.2) is 39.0 Å². The van der Waals surface area contributed by atoms with E-state index in [1.165, 1.54) is 6.42 Å². The molecule has 1 heterocycles. The van der Waals surface area contributed by atoms with Gasteiger partial charge in [0.2, 0.25) is 10.0 Å². The van der Waals surface area contributed by atoms with Crippen LogP contribution < -0.4 is 4.72 Å². The molecule has 0 aromatic heterocycles. The van der Waals surface area contributed by atoms with Gasteiger partial charge in [-0.05, 0) is 57.5 Å². The van der Waals surface area contributed by atoms with Crippen LogP contribution in [0, 0.1) is 0 Å². The zero-order valence-electron chi connectivity index (χ0n) is 13.9. The van der Waals surface area contributed by atoms with Crippen LogP contribution >= 0.6 is 11.6 Å². The van der Waals surface area contributed by atoms with Crippen LogP contribution in [0.15, 0.2) is 23.1 Å². The first-order chi connectivity index (χ1) is 11.6. The van der Waals surface area contributed by atoms with Gasteiger partial charge in [0.1, 0.15) is 4.90 Å². The molecule has 0 amide bonds. The molecule has 2 rings (SSSR count). The van der Waals surface area contributed by atoms with Crippen molar-refractivity contribution in [3.8, 4) is 0 Å². The lowest BCUT2D eigenvalue weighted by atomic mass is 10.0. The van der Waals surface area contributed by atoms with E-state index in [1.54, 1.807) is 0 Å². The molecule has 1 atom stereocenters. The molecule has 1 N–H and O–H groups in total. The van der Waals surface area contributed by atoms with E-state index in [0.717, 1.165) is 38.1 Å². The van der Waals surface area contributed by atoms with Crippen molar-refractivity contribution < 1.29 is 21.6 Å². The second kappa shape index (κ2) is 8.24. The average Bonchev–Trinajstić information content (AvgIpc) is 2.52.